The molecular weight excluding hydrogens is 536 g/mol. The summed E-state index contributed by atoms with van der Waals surface area (Å²) in [6.45, 7) is 14.1. The molecule has 0 amide bonds. The fourth-order valence-electron chi connectivity index (χ4n) is 4.48. The lowest BCUT2D eigenvalue weighted by Crippen LogP contribution is -2.39. The van der Waals surface area contributed by atoms with Gasteiger partial charge in [0, 0.05) is 39.6 Å². The van der Waals surface area contributed by atoms with Gasteiger partial charge >= 0.3 is 5.97 Å². The highest BCUT2D eigenvalue weighted by molar-refractivity contribution is 7.89. The predicted octanol–water partition coefficient (Wildman–Crippen LogP) is 2.66. The zero-order valence-corrected chi connectivity index (χ0v) is 25.0. The number of aryl methyl sites for hydroxylation is 2. The van der Waals surface area contributed by atoms with Crippen LogP contribution in [0, 0.1) is 0 Å². The number of rotatable bonds is 15. The summed E-state index contributed by atoms with van der Waals surface area (Å²) in [6.07, 6.45) is 0.591. The van der Waals surface area contributed by atoms with Crippen molar-refractivity contribution >= 4 is 27.0 Å². The van der Waals surface area contributed by atoms with Crippen LogP contribution in [0.3, 0.4) is 0 Å². The molecule has 0 atom stereocenters. The van der Waals surface area contributed by atoms with Crippen LogP contribution in [0.25, 0.3) is 22.4 Å². The number of hydrogen-bond acceptors (Lipinski definition) is 9. The maximum Gasteiger partial charge on any atom is 0.302 e. The van der Waals surface area contributed by atoms with Crippen LogP contribution < -0.4 is 10.3 Å². The first-order valence-corrected chi connectivity index (χ1v) is 15.2. The minimum Gasteiger partial charge on any atom is -0.493 e. The smallest absolute Gasteiger partial charge is 0.302 e. The van der Waals surface area contributed by atoms with E-state index in [4.69, 9.17) is 14.5 Å². The van der Waals surface area contributed by atoms with Gasteiger partial charge in [-0.15, -0.1) is 0 Å². The first-order chi connectivity index (χ1) is 19.1. The van der Waals surface area contributed by atoms with E-state index < -0.39 is 10.0 Å². The van der Waals surface area contributed by atoms with Crippen molar-refractivity contribution in [1.29, 1.82) is 0 Å². The standard InChI is InChI=1S/C27H40N6O6S/c1-7-22-24-25(33(10-4)30-22)27(35)29-26(28-24)21-18-20(12-13-23(21)38-11-5)40(36,37)32(9-3)15-14-31(8-2)16-17-39-19(6)34/h12-13,18H,7-11,14-17H2,1-6H3,(H,28,29,35). The molecule has 220 valence electrons. The Morgan fingerprint density at radius 1 is 1.07 bits per heavy atom. The highest BCUT2D eigenvalue weighted by atomic mass is 32.2. The fourth-order valence-corrected chi connectivity index (χ4v) is 5.94. The van der Waals surface area contributed by atoms with Gasteiger partial charge in [0.05, 0.1) is 22.8 Å². The monoisotopic (exact) mass is 576 g/mol. The molecule has 1 N–H and O–H groups in total. The zero-order valence-electron chi connectivity index (χ0n) is 24.2. The molecule has 3 aromatic rings. The molecule has 0 aliphatic carbocycles. The molecule has 0 saturated heterocycles. The van der Waals surface area contributed by atoms with Crippen LogP contribution in [0.15, 0.2) is 27.9 Å². The molecule has 1 aromatic carbocycles. The predicted molar refractivity (Wildman–Crippen MR) is 153 cm³/mol. The lowest BCUT2D eigenvalue weighted by molar-refractivity contribution is -0.141. The number of ether oxygens (including phenoxy) is 2. The molecule has 0 radical (unpaired) electrons. The minimum atomic E-state index is -3.89. The van der Waals surface area contributed by atoms with Crippen LogP contribution in [0.1, 0.15) is 47.2 Å². The summed E-state index contributed by atoms with van der Waals surface area (Å²) in [7, 11) is -3.89. The van der Waals surface area contributed by atoms with E-state index in [1.165, 1.54) is 23.4 Å². The van der Waals surface area contributed by atoms with Gasteiger partial charge in [0.1, 0.15) is 23.7 Å². The number of aromatic nitrogens is 4. The number of benzene rings is 1. The van der Waals surface area contributed by atoms with Crippen molar-refractivity contribution in [2.24, 2.45) is 0 Å². The van der Waals surface area contributed by atoms with Gasteiger partial charge in [-0.25, -0.2) is 13.4 Å². The van der Waals surface area contributed by atoms with E-state index >= 15 is 0 Å². The summed E-state index contributed by atoms with van der Waals surface area (Å²) < 4.78 is 41.3. The van der Waals surface area contributed by atoms with Gasteiger partial charge in [-0.05, 0) is 45.0 Å². The Kier molecular flexibility index (Phi) is 10.8. The van der Waals surface area contributed by atoms with Crippen LogP contribution >= 0.6 is 0 Å². The molecule has 3 rings (SSSR count). The van der Waals surface area contributed by atoms with Gasteiger partial charge in [-0.1, -0.05) is 20.8 Å². The highest BCUT2D eigenvalue weighted by Gasteiger charge is 2.26. The van der Waals surface area contributed by atoms with Gasteiger partial charge in [-0.3, -0.25) is 19.2 Å². The van der Waals surface area contributed by atoms with Crippen molar-refractivity contribution in [1.82, 2.24) is 29.0 Å². The lowest BCUT2D eigenvalue weighted by Gasteiger charge is -2.26. The van der Waals surface area contributed by atoms with Gasteiger partial charge in [0.25, 0.3) is 5.56 Å². The van der Waals surface area contributed by atoms with Crippen molar-refractivity contribution in [3.63, 3.8) is 0 Å². The number of carbonyl (C=O) groups is 1. The third-order valence-electron chi connectivity index (χ3n) is 6.62. The Morgan fingerprint density at radius 2 is 1.82 bits per heavy atom. The van der Waals surface area contributed by atoms with Gasteiger partial charge in [-0.2, -0.15) is 9.40 Å². The van der Waals surface area contributed by atoms with E-state index in [1.54, 1.807) is 17.7 Å². The van der Waals surface area contributed by atoms with Crippen molar-refractivity contribution in [2.45, 2.75) is 59.4 Å². The normalized spacial score (nSPS) is 12.0. The van der Waals surface area contributed by atoms with Gasteiger partial charge in [0.15, 0.2) is 5.52 Å². The number of likely N-dealkylation sites (N-methyl/N-ethyl adjacent to an activating group) is 2. The molecule has 40 heavy (non-hydrogen) atoms. The maximum atomic E-state index is 13.7. The zero-order chi connectivity index (χ0) is 29.4. The van der Waals surface area contributed by atoms with Crippen LogP contribution in [0.2, 0.25) is 0 Å². The van der Waals surface area contributed by atoms with Crippen molar-refractivity contribution in [3.8, 4) is 17.1 Å². The maximum absolute atomic E-state index is 13.7. The van der Waals surface area contributed by atoms with E-state index in [9.17, 15) is 18.0 Å². The van der Waals surface area contributed by atoms with E-state index in [0.717, 1.165) is 0 Å². The summed E-state index contributed by atoms with van der Waals surface area (Å²) in [5, 5.41) is 4.51. The number of fused-ring (bicyclic) bond motifs is 1. The largest absolute Gasteiger partial charge is 0.493 e. The molecule has 0 unspecified atom stereocenters. The third-order valence-corrected chi connectivity index (χ3v) is 8.59. The molecule has 0 saturated carbocycles. The molecule has 0 aliphatic rings. The Balaban J connectivity index is 1.99. The summed E-state index contributed by atoms with van der Waals surface area (Å²) in [5.41, 5.74) is 1.59. The topological polar surface area (TPSA) is 140 Å². The Bertz CT molecular complexity index is 1480. The summed E-state index contributed by atoms with van der Waals surface area (Å²) in [5.74, 6) is 0.282. The van der Waals surface area contributed by atoms with Crippen LogP contribution in [0.4, 0.5) is 0 Å². The second kappa shape index (κ2) is 13.9. The summed E-state index contributed by atoms with van der Waals surface area (Å²) in [6, 6.07) is 4.60. The first kappa shape index (κ1) is 31.2. The molecular formula is C27H40N6O6S. The fraction of sp³-hybridized carbons (Fsp3) is 0.556. The average Bonchev–Trinajstić information content (AvgIpc) is 3.30. The minimum absolute atomic E-state index is 0.0680. The average molecular weight is 577 g/mol. The molecule has 2 aromatic heterocycles. The first-order valence-electron chi connectivity index (χ1n) is 13.7. The second-order valence-electron chi connectivity index (χ2n) is 9.09. The SMILES string of the molecule is CCOc1ccc(S(=O)(=O)N(CC)CCN(CC)CCOC(C)=O)cc1-c1nc2c(CC)nn(CC)c2c(=O)[nH]1. The van der Waals surface area contributed by atoms with Crippen molar-refractivity contribution < 1.29 is 22.7 Å². The van der Waals surface area contributed by atoms with E-state index in [0.29, 0.717) is 67.2 Å². The summed E-state index contributed by atoms with van der Waals surface area (Å²) in [4.78, 5) is 33.8. The molecule has 12 nitrogen and oxygen atoms in total. The third kappa shape index (κ3) is 6.88. The van der Waals surface area contributed by atoms with E-state index in [-0.39, 0.29) is 41.9 Å². The Morgan fingerprint density at radius 3 is 2.42 bits per heavy atom. The van der Waals surface area contributed by atoms with Crippen molar-refractivity contribution in [3.05, 3.63) is 34.2 Å². The molecule has 0 bridgehead atoms. The number of nitrogens with zero attached hydrogens (tertiary/aromatic N) is 5. The van der Waals surface area contributed by atoms with E-state index in [1.807, 2.05) is 32.6 Å². The quantitative estimate of drug-likeness (QED) is 0.270. The number of nitrogens with one attached hydrogen (secondary N) is 1. The molecule has 0 spiro atoms. The highest BCUT2D eigenvalue weighted by Crippen LogP contribution is 2.32. The Hall–Kier alpha value is -3.29. The van der Waals surface area contributed by atoms with E-state index in [2.05, 4.69) is 10.1 Å². The molecule has 13 heteroatoms. The number of aromatic amines is 1. The van der Waals surface area contributed by atoms with Gasteiger partial charge in [0.2, 0.25) is 10.0 Å². The number of esters is 1. The van der Waals surface area contributed by atoms with Crippen molar-refractivity contribution in [2.75, 3.05) is 45.9 Å². The van der Waals surface area contributed by atoms with Crippen LogP contribution in [-0.4, -0.2) is 89.3 Å². The number of H-pyrrole nitrogens is 1. The molecule has 2 heterocycles. The number of sulfonamides is 1. The van der Waals surface area contributed by atoms with Crippen LogP contribution in [-0.2, 0) is 32.5 Å². The number of carbonyl (C=O) groups excluding carboxylic acids is 1. The van der Waals surface area contributed by atoms with Crippen LogP contribution in [0.5, 0.6) is 5.75 Å². The molecule has 0 aliphatic heterocycles. The molecule has 0 fully saturated rings. The van der Waals surface area contributed by atoms with Gasteiger partial charge < -0.3 is 14.5 Å². The lowest BCUT2D eigenvalue weighted by atomic mass is 10.1. The number of hydrogen-bond donors (Lipinski definition) is 1. The Labute approximate surface area is 235 Å². The second-order valence-corrected chi connectivity index (χ2v) is 11.0. The summed E-state index contributed by atoms with van der Waals surface area (Å²) >= 11 is 0.